The van der Waals surface area contributed by atoms with Crippen LogP contribution in [-0.2, 0) is 13.1 Å². The SMILES string of the molecule is CCN(CC)CCNCCn1c(=O)ccn(CC)c1=O. The summed E-state index contributed by atoms with van der Waals surface area (Å²) in [5.41, 5.74) is -0.462. The maximum Gasteiger partial charge on any atom is 0.330 e. The maximum absolute atomic E-state index is 12.0. The monoisotopic (exact) mass is 282 g/mol. The van der Waals surface area contributed by atoms with Gasteiger partial charge in [-0.05, 0) is 20.0 Å². The van der Waals surface area contributed by atoms with Gasteiger partial charge >= 0.3 is 5.69 Å². The van der Waals surface area contributed by atoms with Crippen molar-refractivity contribution in [1.29, 1.82) is 0 Å². The van der Waals surface area contributed by atoms with Crippen LogP contribution in [0.2, 0.25) is 0 Å². The van der Waals surface area contributed by atoms with Crippen LogP contribution in [0.4, 0.5) is 0 Å². The lowest BCUT2D eigenvalue weighted by molar-refractivity contribution is 0.301. The largest absolute Gasteiger partial charge is 0.330 e. The van der Waals surface area contributed by atoms with E-state index in [1.165, 1.54) is 15.2 Å². The van der Waals surface area contributed by atoms with Crippen molar-refractivity contribution >= 4 is 0 Å². The highest BCUT2D eigenvalue weighted by Gasteiger charge is 2.03. The average Bonchev–Trinajstić information content (AvgIpc) is 2.46. The molecule has 0 aliphatic rings. The predicted molar refractivity (Wildman–Crippen MR) is 81.3 cm³/mol. The van der Waals surface area contributed by atoms with Gasteiger partial charge in [0.2, 0.25) is 0 Å². The zero-order valence-corrected chi connectivity index (χ0v) is 12.8. The van der Waals surface area contributed by atoms with Gasteiger partial charge in [-0.2, -0.15) is 0 Å². The van der Waals surface area contributed by atoms with Gasteiger partial charge in [0, 0.05) is 45.0 Å². The lowest BCUT2D eigenvalue weighted by atomic mass is 10.4. The number of aryl methyl sites for hydroxylation is 1. The van der Waals surface area contributed by atoms with Crippen LogP contribution >= 0.6 is 0 Å². The lowest BCUT2D eigenvalue weighted by Gasteiger charge is -2.18. The van der Waals surface area contributed by atoms with Crippen LogP contribution in [-0.4, -0.2) is 46.8 Å². The van der Waals surface area contributed by atoms with Gasteiger partial charge in [-0.3, -0.25) is 9.36 Å². The van der Waals surface area contributed by atoms with Gasteiger partial charge in [0.15, 0.2) is 0 Å². The second kappa shape index (κ2) is 8.71. The van der Waals surface area contributed by atoms with E-state index in [4.69, 9.17) is 0 Å². The summed E-state index contributed by atoms with van der Waals surface area (Å²) in [6.45, 7) is 11.7. The van der Waals surface area contributed by atoms with Crippen molar-refractivity contribution in [3.05, 3.63) is 33.1 Å². The number of nitrogens with zero attached hydrogens (tertiary/aromatic N) is 3. The Bertz CT molecular complexity index is 503. The molecule has 6 nitrogen and oxygen atoms in total. The van der Waals surface area contributed by atoms with Crippen LogP contribution in [0.5, 0.6) is 0 Å². The van der Waals surface area contributed by atoms with E-state index in [0.29, 0.717) is 19.6 Å². The fraction of sp³-hybridized carbons (Fsp3) is 0.714. The van der Waals surface area contributed by atoms with Crippen molar-refractivity contribution < 1.29 is 0 Å². The summed E-state index contributed by atoms with van der Waals surface area (Å²) in [5, 5.41) is 3.28. The van der Waals surface area contributed by atoms with Crippen molar-refractivity contribution in [2.24, 2.45) is 0 Å². The maximum atomic E-state index is 12.0. The third-order valence-electron chi connectivity index (χ3n) is 3.49. The lowest BCUT2D eigenvalue weighted by Crippen LogP contribution is -2.41. The Hall–Kier alpha value is -1.40. The van der Waals surface area contributed by atoms with Gasteiger partial charge in [-0.25, -0.2) is 4.79 Å². The van der Waals surface area contributed by atoms with E-state index in [9.17, 15) is 9.59 Å². The van der Waals surface area contributed by atoms with Gasteiger partial charge in [0.05, 0.1) is 0 Å². The third-order valence-corrected chi connectivity index (χ3v) is 3.49. The van der Waals surface area contributed by atoms with E-state index in [-0.39, 0.29) is 11.2 Å². The van der Waals surface area contributed by atoms with Crippen LogP contribution in [0, 0.1) is 0 Å². The molecule has 0 spiro atoms. The minimum atomic E-state index is -0.231. The summed E-state index contributed by atoms with van der Waals surface area (Å²) in [4.78, 5) is 26.0. The zero-order chi connectivity index (χ0) is 15.0. The Morgan fingerprint density at radius 1 is 1.15 bits per heavy atom. The first kappa shape index (κ1) is 16.7. The van der Waals surface area contributed by atoms with E-state index < -0.39 is 0 Å². The Kier molecular flexibility index (Phi) is 7.25. The van der Waals surface area contributed by atoms with Crippen molar-refractivity contribution in [1.82, 2.24) is 19.4 Å². The number of nitrogens with one attached hydrogen (secondary N) is 1. The molecule has 0 atom stereocenters. The second-order valence-electron chi connectivity index (χ2n) is 4.65. The molecule has 1 aromatic rings. The molecule has 0 saturated heterocycles. The van der Waals surface area contributed by atoms with Gasteiger partial charge in [-0.1, -0.05) is 13.8 Å². The quantitative estimate of drug-likeness (QED) is 0.646. The Morgan fingerprint density at radius 2 is 1.85 bits per heavy atom. The highest BCUT2D eigenvalue weighted by Crippen LogP contribution is 1.84. The summed E-state index contributed by atoms with van der Waals surface area (Å²) in [6.07, 6.45) is 1.55. The van der Waals surface area contributed by atoms with Crippen LogP contribution in [0.3, 0.4) is 0 Å². The van der Waals surface area contributed by atoms with Crippen molar-refractivity contribution in [2.45, 2.75) is 33.9 Å². The zero-order valence-electron chi connectivity index (χ0n) is 12.8. The van der Waals surface area contributed by atoms with Crippen molar-refractivity contribution in [3.63, 3.8) is 0 Å². The standard InChI is InChI=1S/C14H26N4O2/c1-4-16(5-2)11-8-15-9-12-18-13(19)7-10-17(6-3)14(18)20/h7,10,15H,4-6,8-9,11-12H2,1-3H3. The molecule has 1 N–H and O–H groups in total. The van der Waals surface area contributed by atoms with Crippen LogP contribution in [0.1, 0.15) is 20.8 Å². The number of likely N-dealkylation sites (N-methyl/N-ethyl adjacent to an activating group) is 1. The Morgan fingerprint density at radius 3 is 2.45 bits per heavy atom. The van der Waals surface area contributed by atoms with E-state index >= 15 is 0 Å². The second-order valence-corrected chi connectivity index (χ2v) is 4.65. The number of hydrogen-bond donors (Lipinski definition) is 1. The van der Waals surface area contributed by atoms with E-state index in [1.54, 1.807) is 6.20 Å². The minimum absolute atomic E-state index is 0.231. The highest BCUT2D eigenvalue weighted by molar-refractivity contribution is 4.86. The molecule has 114 valence electrons. The smallest absolute Gasteiger partial charge is 0.314 e. The first-order valence-corrected chi connectivity index (χ1v) is 7.37. The minimum Gasteiger partial charge on any atom is -0.314 e. The summed E-state index contributed by atoms with van der Waals surface area (Å²) < 4.78 is 2.82. The third kappa shape index (κ3) is 4.61. The molecule has 0 amide bonds. The van der Waals surface area contributed by atoms with Crippen LogP contribution < -0.4 is 16.6 Å². The number of aromatic nitrogens is 2. The Labute approximate surface area is 120 Å². The summed E-state index contributed by atoms with van der Waals surface area (Å²) in [7, 11) is 0. The molecule has 0 unspecified atom stereocenters. The molecule has 0 aliphatic heterocycles. The molecule has 1 heterocycles. The molecule has 1 aromatic heterocycles. The van der Waals surface area contributed by atoms with Gasteiger partial charge in [-0.15, -0.1) is 0 Å². The van der Waals surface area contributed by atoms with Gasteiger partial charge in [0.25, 0.3) is 5.56 Å². The molecule has 6 heteroatoms. The fourth-order valence-corrected chi connectivity index (χ4v) is 2.10. The average molecular weight is 282 g/mol. The predicted octanol–water partition coefficient (Wildman–Crippen LogP) is -0.0387. The van der Waals surface area contributed by atoms with Crippen molar-refractivity contribution in [3.8, 4) is 0 Å². The molecule has 0 aliphatic carbocycles. The first-order valence-electron chi connectivity index (χ1n) is 7.37. The molecule has 1 rings (SSSR count). The van der Waals surface area contributed by atoms with Gasteiger partial charge in [0.1, 0.15) is 0 Å². The molecular formula is C14H26N4O2. The van der Waals surface area contributed by atoms with E-state index in [1.807, 2.05) is 6.92 Å². The van der Waals surface area contributed by atoms with Crippen LogP contribution in [0.25, 0.3) is 0 Å². The molecular weight excluding hydrogens is 256 g/mol. The van der Waals surface area contributed by atoms with Crippen LogP contribution in [0.15, 0.2) is 21.9 Å². The first-order chi connectivity index (χ1) is 9.63. The van der Waals surface area contributed by atoms with E-state index in [2.05, 4.69) is 24.1 Å². The molecule has 0 aromatic carbocycles. The van der Waals surface area contributed by atoms with Gasteiger partial charge < -0.3 is 14.8 Å². The summed E-state index contributed by atoms with van der Waals surface area (Å²) in [6, 6.07) is 1.45. The Balaban J connectivity index is 2.47. The highest BCUT2D eigenvalue weighted by atomic mass is 16.2. The normalized spacial score (nSPS) is 11.2. The molecule has 0 fully saturated rings. The molecule has 0 radical (unpaired) electrons. The molecule has 0 bridgehead atoms. The van der Waals surface area contributed by atoms with Crippen molar-refractivity contribution in [2.75, 3.05) is 32.7 Å². The van der Waals surface area contributed by atoms with E-state index in [0.717, 1.165) is 26.2 Å². The summed E-state index contributed by atoms with van der Waals surface area (Å²) in [5.74, 6) is 0. The number of rotatable bonds is 9. The molecule has 20 heavy (non-hydrogen) atoms. The number of hydrogen-bond acceptors (Lipinski definition) is 4. The topological polar surface area (TPSA) is 59.3 Å². The molecule has 0 saturated carbocycles. The fourth-order valence-electron chi connectivity index (χ4n) is 2.10. The summed E-state index contributed by atoms with van der Waals surface area (Å²) >= 11 is 0.